The standard InChI is InChI=1S/C14H11N3O2S/c18-17(19)12-7-3-1-5-10(12)9-15-14-16-11-6-2-4-8-13(11)20-14/h1-8H,9H2,(H,15,16). The van der Waals surface area contributed by atoms with Crippen molar-refractivity contribution in [1.29, 1.82) is 0 Å². The number of anilines is 1. The topological polar surface area (TPSA) is 68.1 Å². The Hall–Kier alpha value is -2.47. The number of thiazole rings is 1. The summed E-state index contributed by atoms with van der Waals surface area (Å²) in [5.74, 6) is 0. The summed E-state index contributed by atoms with van der Waals surface area (Å²) >= 11 is 1.54. The third-order valence-corrected chi connectivity index (χ3v) is 3.91. The Morgan fingerprint density at radius 1 is 1.15 bits per heavy atom. The average molecular weight is 285 g/mol. The summed E-state index contributed by atoms with van der Waals surface area (Å²) in [5, 5.41) is 14.9. The highest BCUT2D eigenvalue weighted by Gasteiger charge is 2.12. The average Bonchev–Trinajstić information content (AvgIpc) is 2.88. The predicted molar refractivity (Wildman–Crippen MR) is 80.0 cm³/mol. The molecule has 0 aliphatic carbocycles. The molecule has 1 N–H and O–H groups in total. The summed E-state index contributed by atoms with van der Waals surface area (Å²) in [4.78, 5) is 15.0. The molecule has 3 aromatic rings. The van der Waals surface area contributed by atoms with Gasteiger partial charge in [-0.3, -0.25) is 10.1 Å². The molecular formula is C14H11N3O2S. The van der Waals surface area contributed by atoms with Crippen LogP contribution in [0.2, 0.25) is 0 Å². The highest BCUT2D eigenvalue weighted by Crippen LogP contribution is 2.26. The number of hydrogen-bond donors (Lipinski definition) is 1. The minimum atomic E-state index is -0.366. The van der Waals surface area contributed by atoms with Gasteiger partial charge in [-0.1, -0.05) is 41.7 Å². The first-order valence-corrected chi connectivity index (χ1v) is 6.87. The minimum Gasteiger partial charge on any atom is -0.357 e. The van der Waals surface area contributed by atoms with E-state index in [4.69, 9.17) is 0 Å². The van der Waals surface area contributed by atoms with E-state index in [0.717, 1.165) is 15.3 Å². The Bertz CT molecular complexity index is 737. The fourth-order valence-electron chi connectivity index (χ4n) is 1.96. The van der Waals surface area contributed by atoms with Crippen LogP contribution in [0.1, 0.15) is 5.56 Å². The molecule has 0 bridgehead atoms. The lowest BCUT2D eigenvalue weighted by atomic mass is 10.2. The fourth-order valence-corrected chi connectivity index (χ4v) is 2.82. The Morgan fingerprint density at radius 2 is 1.90 bits per heavy atom. The molecule has 0 radical (unpaired) electrons. The number of nitro benzene ring substituents is 1. The van der Waals surface area contributed by atoms with Crippen LogP contribution in [-0.4, -0.2) is 9.91 Å². The zero-order valence-electron chi connectivity index (χ0n) is 10.4. The number of rotatable bonds is 4. The van der Waals surface area contributed by atoms with Gasteiger partial charge in [-0.2, -0.15) is 0 Å². The normalized spacial score (nSPS) is 10.6. The summed E-state index contributed by atoms with van der Waals surface area (Å²) in [6.07, 6.45) is 0. The lowest BCUT2D eigenvalue weighted by molar-refractivity contribution is -0.385. The van der Waals surface area contributed by atoms with E-state index in [9.17, 15) is 10.1 Å². The smallest absolute Gasteiger partial charge is 0.274 e. The van der Waals surface area contributed by atoms with E-state index >= 15 is 0 Å². The van der Waals surface area contributed by atoms with Crippen LogP contribution in [0.5, 0.6) is 0 Å². The molecule has 6 heteroatoms. The summed E-state index contributed by atoms with van der Waals surface area (Å²) in [5.41, 5.74) is 1.71. The molecular weight excluding hydrogens is 274 g/mol. The van der Waals surface area contributed by atoms with E-state index < -0.39 is 0 Å². The van der Waals surface area contributed by atoms with Gasteiger partial charge in [-0.15, -0.1) is 0 Å². The van der Waals surface area contributed by atoms with E-state index in [2.05, 4.69) is 10.3 Å². The van der Waals surface area contributed by atoms with Gasteiger partial charge in [-0.25, -0.2) is 4.98 Å². The lowest BCUT2D eigenvalue weighted by Crippen LogP contribution is -2.02. The second-order valence-electron chi connectivity index (χ2n) is 4.23. The molecule has 0 unspecified atom stereocenters. The predicted octanol–water partition coefficient (Wildman–Crippen LogP) is 3.82. The van der Waals surface area contributed by atoms with Gasteiger partial charge in [0.25, 0.3) is 5.69 Å². The number of nitro groups is 1. The highest BCUT2D eigenvalue weighted by molar-refractivity contribution is 7.22. The van der Waals surface area contributed by atoms with Crippen LogP contribution in [0.3, 0.4) is 0 Å². The van der Waals surface area contributed by atoms with Crippen molar-refractivity contribution >= 4 is 32.4 Å². The second-order valence-corrected chi connectivity index (χ2v) is 5.26. The van der Waals surface area contributed by atoms with Crippen LogP contribution < -0.4 is 5.32 Å². The molecule has 0 spiro atoms. The molecule has 5 nitrogen and oxygen atoms in total. The zero-order chi connectivity index (χ0) is 13.9. The summed E-state index contributed by atoms with van der Waals surface area (Å²) in [6.45, 7) is 0.386. The number of nitrogens with one attached hydrogen (secondary N) is 1. The zero-order valence-corrected chi connectivity index (χ0v) is 11.3. The summed E-state index contributed by atoms with van der Waals surface area (Å²) < 4.78 is 1.09. The molecule has 0 saturated heterocycles. The number of benzene rings is 2. The van der Waals surface area contributed by atoms with Gasteiger partial charge in [0.2, 0.25) is 0 Å². The van der Waals surface area contributed by atoms with Crippen molar-refractivity contribution in [2.75, 3.05) is 5.32 Å². The first-order valence-electron chi connectivity index (χ1n) is 6.06. The maximum absolute atomic E-state index is 10.9. The molecule has 1 aromatic heterocycles. The van der Waals surface area contributed by atoms with E-state index in [0.29, 0.717) is 12.1 Å². The van der Waals surface area contributed by atoms with Crippen molar-refractivity contribution in [1.82, 2.24) is 4.98 Å². The summed E-state index contributed by atoms with van der Waals surface area (Å²) in [6, 6.07) is 14.6. The third-order valence-electron chi connectivity index (χ3n) is 2.91. The van der Waals surface area contributed by atoms with Crippen LogP contribution in [-0.2, 0) is 6.54 Å². The fraction of sp³-hybridized carbons (Fsp3) is 0.0714. The first kappa shape index (κ1) is 12.6. The molecule has 0 atom stereocenters. The van der Waals surface area contributed by atoms with Crippen molar-refractivity contribution in [3.63, 3.8) is 0 Å². The van der Waals surface area contributed by atoms with Gasteiger partial charge in [0, 0.05) is 18.2 Å². The van der Waals surface area contributed by atoms with Crippen LogP contribution in [0, 0.1) is 10.1 Å². The summed E-state index contributed by atoms with van der Waals surface area (Å²) in [7, 11) is 0. The number of nitrogens with zero attached hydrogens (tertiary/aromatic N) is 2. The van der Waals surface area contributed by atoms with Crippen LogP contribution >= 0.6 is 11.3 Å². The molecule has 0 saturated carbocycles. The molecule has 2 aromatic carbocycles. The van der Waals surface area contributed by atoms with Crippen LogP contribution in [0.25, 0.3) is 10.2 Å². The largest absolute Gasteiger partial charge is 0.357 e. The monoisotopic (exact) mass is 285 g/mol. The molecule has 0 amide bonds. The molecule has 3 rings (SSSR count). The SMILES string of the molecule is O=[N+]([O-])c1ccccc1CNc1nc2ccccc2s1. The molecule has 0 fully saturated rings. The van der Waals surface area contributed by atoms with Gasteiger partial charge in [0.05, 0.1) is 15.1 Å². The van der Waals surface area contributed by atoms with Gasteiger partial charge >= 0.3 is 0 Å². The Labute approximate surface area is 119 Å². The van der Waals surface area contributed by atoms with E-state index in [1.54, 1.807) is 18.2 Å². The van der Waals surface area contributed by atoms with Crippen molar-refractivity contribution in [3.8, 4) is 0 Å². The van der Waals surface area contributed by atoms with E-state index in [1.165, 1.54) is 17.4 Å². The van der Waals surface area contributed by atoms with Gasteiger partial charge in [-0.05, 0) is 12.1 Å². The Kier molecular flexibility index (Phi) is 3.30. The van der Waals surface area contributed by atoms with Gasteiger partial charge in [0.15, 0.2) is 5.13 Å². The number of para-hydroxylation sites is 2. The number of fused-ring (bicyclic) bond motifs is 1. The highest BCUT2D eigenvalue weighted by atomic mass is 32.1. The van der Waals surface area contributed by atoms with Crippen LogP contribution in [0.15, 0.2) is 48.5 Å². The van der Waals surface area contributed by atoms with Gasteiger partial charge in [0.1, 0.15) is 0 Å². The third kappa shape index (κ3) is 2.46. The van der Waals surface area contributed by atoms with E-state index in [1.807, 2.05) is 24.3 Å². The maximum atomic E-state index is 10.9. The Morgan fingerprint density at radius 3 is 2.70 bits per heavy atom. The Balaban J connectivity index is 1.81. The quantitative estimate of drug-likeness (QED) is 0.584. The molecule has 1 heterocycles. The van der Waals surface area contributed by atoms with Crippen molar-refractivity contribution < 1.29 is 4.92 Å². The van der Waals surface area contributed by atoms with E-state index in [-0.39, 0.29) is 10.6 Å². The minimum absolute atomic E-state index is 0.126. The van der Waals surface area contributed by atoms with Crippen molar-refractivity contribution in [2.45, 2.75) is 6.54 Å². The van der Waals surface area contributed by atoms with Gasteiger partial charge < -0.3 is 5.32 Å². The molecule has 20 heavy (non-hydrogen) atoms. The van der Waals surface area contributed by atoms with Crippen molar-refractivity contribution in [3.05, 3.63) is 64.2 Å². The first-order chi connectivity index (χ1) is 9.74. The number of aromatic nitrogens is 1. The lowest BCUT2D eigenvalue weighted by Gasteiger charge is -2.03. The van der Waals surface area contributed by atoms with Crippen molar-refractivity contribution in [2.24, 2.45) is 0 Å². The molecule has 0 aliphatic rings. The molecule has 100 valence electrons. The van der Waals surface area contributed by atoms with Crippen LogP contribution in [0.4, 0.5) is 10.8 Å². The second kappa shape index (κ2) is 5.26. The maximum Gasteiger partial charge on any atom is 0.274 e. The molecule has 0 aliphatic heterocycles. The number of hydrogen-bond acceptors (Lipinski definition) is 5.